The minimum Gasteiger partial charge on any atom is -0.324 e. The van der Waals surface area contributed by atoms with Crippen LogP contribution in [0.1, 0.15) is 6.92 Å². The molecule has 12 heavy (non-hydrogen) atoms. The van der Waals surface area contributed by atoms with Crippen LogP contribution in [0, 0.1) is 0 Å². The molecule has 1 atom stereocenters. The normalized spacial score (nSPS) is 25.7. The largest absolute Gasteiger partial charge is 0.324 e. The van der Waals surface area contributed by atoms with Gasteiger partial charge in [0.15, 0.2) is 5.78 Å². The van der Waals surface area contributed by atoms with Crippen LogP contribution < -0.4 is 11.1 Å². The smallest absolute Gasteiger partial charge is 0.164 e. The standard InChI is InChI=1S/C8H17N3O/c1-2-11-4-3-10-6-7(11)8(12)5-9/h7,10H,2-6,9H2,1H3. The Hall–Kier alpha value is -0.450. The monoisotopic (exact) mass is 171 g/mol. The average Bonchev–Trinajstić information content (AvgIpc) is 2.16. The fourth-order valence-corrected chi connectivity index (χ4v) is 1.58. The third-order valence-corrected chi connectivity index (χ3v) is 2.33. The number of hydrogen-bond acceptors (Lipinski definition) is 4. The third-order valence-electron chi connectivity index (χ3n) is 2.33. The lowest BCUT2D eigenvalue weighted by Crippen LogP contribution is -2.55. The van der Waals surface area contributed by atoms with Gasteiger partial charge >= 0.3 is 0 Å². The lowest BCUT2D eigenvalue weighted by molar-refractivity contribution is -0.123. The number of carbonyl (C=O) groups is 1. The molecule has 4 heteroatoms. The molecule has 4 nitrogen and oxygen atoms in total. The molecule has 0 bridgehead atoms. The molecule has 0 radical (unpaired) electrons. The summed E-state index contributed by atoms with van der Waals surface area (Å²) in [4.78, 5) is 13.5. The lowest BCUT2D eigenvalue weighted by atomic mass is 10.1. The van der Waals surface area contributed by atoms with E-state index in [1.807, 2.05) is 0 Å². The molecular weight excluding hydrogens is 154 g/mol. The molecule has 1 heterocycles. The molecule has 0 saturated carbocycles. The summed E-state index contributed by atoms with van der Waals surface area (Å²) < 4.78 is 0. The van der Waals surface area contributed by atoms with Crippen LogP contribution in [-0.4, -0.2) is 49.4 Å². The van der Waals surface area contributed by atoms with E-state index in [1.165, 1.54) is 0 Å². The van der Waals surface area contributed by atoms with Gasteiger partial charge in [-0.15, -0.1) is 0 Å². The van der Waals surface area contributed by atoms with E-state index >= 15 is 0 Å². The van der Waals surface area contributed by atoms with E-state index < -0.39 is 0 Å². The number of likely N-dealkylation sites (N-methyl/N-ethyl adjacent to an activating group) is 1. The van der Waals surface area contributed by atoms with Gasteiger partial charge in [-0.3, -0.25) is 9.69 Å². The Balaban J connectivity index is 2.52. The Bertz CT molecular complexity index is 160. The average molecular weight is 171 g/mol. The van der Waals surface area contributed by atoms with Gasteiger partial charge in [0.1, 0.15) is 0 Å². The summed E-state index contributed by atoms with van der Waals surface area (Å²) >= 11 is 0. The van der Waals surface area contributed by atoms with Crippen LogP contribution in [0.2, 0.25) is 0 Å². The summed E-state index contributed by atoms with van der Waals surface area (Å²) in [5, 5.41) is 3.20. The number of nitrogens with two attached hydrogens (primary N) is 1. The zero-order chi connectivity index (χ0) is 8.97. The number of piperazine rings is 1. The van der Waals surface area contributed by atoms with Crippen LogP contribution in [0.4, 0.5) is 0 Å². The van der Waals surface area contributed by atoms with Gasteiger partial charge in [0.2, 0.25) is 0 Å². The van der Waals surface area contributed by atoms with Crippen LogP contribution in [0.3, 0.4) is 0 Å². The van der Waals surface area contributed by atoms with E-state index in [9.17, 15) is 4.79 Å². The molecule has 70 valence electrons. The number of Topliss-reactive ketones (excluding diaryl/α,β-unsaturated/α-hetero) is 1. The first-order valence-corrected chi connectivity index (χ1v) is 4.47. The number of hydrogen-bond donors (Lipinski definition) is 2. The van der Waals surface area contributed by atoms with Crippen molar-refractivity contribution in [3.05, 3.63) is 0 Å². The quantitative estimate of drug-likeness (QED) is 0.560. The maximum atomic E-state index is 11.3. The van der Waals surface area contributed by atoms with E-state index in [1.54, 1.807) is 0 Å². The summed E-state index contributed by atoms with van der Waals surface area (Å²) in [6, 6.07) is 0.00810. The number of nitrogens with one attached hydrogen (secondary N) is 1. The van der Waals surface area contributed by atoms with Gasteiger partial charge in [-0.2, -0.15) is 0 Å². The minimum absolute atomic E-state index is 0.00810. The first kappa shape index (κ1) is 9.64. The molecule has 1 aliphatic rings. The molecule has 0 aliphatic carbocycles. The van der Waals surface area contributed by atoms with Gasteiger partial charge in [-0.1, -0.05) is 6.92 Å². The summed E-state index contributed by atoms with van der Waals surface area (Å²) in [5.41, 5.74) is 5.32. The zero-order valence-electron chi connectivity index (χ0n) is 7.55. The Kier molecular flexibility index (Phi) is 3.65. The lowest BCUT2D eigenvalue weighted by Gasteiger charge is -2.33. The predicted molar refractivity (Wildman–Crippen MR) is 48.0 cm³/mol. The Morgan fingerprint density at radius 1 is 1.75 bits per heavy atom. The maximum absolute atomic E-state index is 11.3. The van der Waals surface area contributed by atoms with Crippen molar-refractivity contribution >= 4 is 5.78 Å². The van der Waals surface area contributed by atoms with E-state index in [4.69, 9.17) is 5.73 Å². The summed E-state index contributed by atoms with van der Waals surface area (Å²) in [6.45, 7) is 5.84. The third kappa shape index (κ3) is 2.03. The van der Waals surface area contributed by atoms with Crippen molar-refractivity contribution in [3.63, 3.8) is 0 Å². The highest BCUT2D eigenvalue weighted by Gasteiger charge is 2.25. The van der Waals surface area contributed by atoms with Crippen LogP contribution in [-0.2, 0) is 4.79 Å². The van der Waals surface area contributed by atoms with Gasteiger partial charge in [0.25, 0.3) is 0 Å². The van der Waals surface area contributed by atoms with Gasteiger partial charge in [0, 0.05) is 19.6 Å². The molecule has 0 aromatic heterocycles. The fraction of sp³-hybridized carbons (Fsp3) is 0.875. The SMILES string of the molecule is CCN1CCNCC1C(=O)CN. The molecule has 0 aromatic carbocycles. The van der Waals surface area contributed by atoms with E-state index in [0.29, 0.717) is 0 Å². The maximum Gasteiger partial charge on any atom is 0.164 e. The summed E-state index contributed by atoms with van der Waals surface area (Å²) in [5.74, 6) is 0.143. The molecule has 0 amide bonds. The van der Waals surface area contributed by atoms with Crippen molar-refractivity contribution in [3.8, 4) is 0 Å². The topological polar surface area (TPSA) is 58.4 Å². The molecule has 1 unspecified atom stereocenters. The number of nitrogens with zero attached hydrogens (tertiary/aromatic N) is 1. The first-order valence-electron chi connectivity index (χ1n) is 4.47. The van der Waals surface area contributed by atoms with Crippen molar-refractivity contribution < 1.29 is 4.79 Å². The minimum atomic E-state index is 0.00810. The number of rotatable bonds is 3. The van der Waals surface area contributed by atoms with E-state index in [0.717, 1.165) is 26.2 Å². The highest BCUT2D eigenvalue weighted by Crippen LogP contribution is 2.02. The Morgan fingerprint density at radius 2 is 2.50 bits per heavy atom. The van der Waals surface area contributed by atoms with Gasteiger partial charge in [-0.25, -0.2) is 0 Å². The van der Waals surface area contributed by atoms with Gasteiger partial charge in [0.05, 0.1) is 12.6 Å². The summed E-state index contributed by atoms with van der Waals surface area (Å²) in [7, 11) is 0. The Labute approximate surface area is 73.1 Å². The van der Waals surface area contributed by atoms with Crippen molar-refractivity contribution in [2.24, 2.45) is 5.73 Å². The van der Waals surface area contributed by atoms with Crippen molar-refractivity contribution in [2.75, 3.05) is 32.7 Å². The number of ketones is 1. The number of carbonyl (C=O) groups excluding carboxylic acids is 1. The molecule has 3 N–H and O–H groups in total. The molecule has 1 rings (SSSR count). The van der Waals surface area contributed by atoms with Crippen LogP contribution in [0.25, 0.3) is 0 Å². The zero-order valence-corrected chi connectivity index (χ0v) is 7.55. The van der Waals surface area contributed by atoms with Crippen molar-refractivity contribution in [1.82, 2.24) is 10.2 Å². The molecule has 1 fully saturated rings. The highest BCUT2D eigenvalue weighted by molar-refractivity contribution is 5.86. The van der Waals surface area contributed by atoms with Crippen LogP contribution in [0.15, 0.2) is 0 Å². The van der Waals surface area contributed by atoms with Crippen LogP contribution in [0.5, 0.6) is 0 Å². The molecule has 1 saturated heterocycles. The molecule has 1 aliphatic heterocycles. The van der Waals surface area contributed by atoms with E-state index in [2.05, 4.69) is 17.1 Å². The van der Waals surface area contributed by atoms with Crippen molar-refractivity contribution in [2.45, 2.75) is 13.0 Å². The van der Waals surface area contributed by atoms with Crippen LogP contribution >= 0.6 is 0 Å². The van der Waals surface area contributed by atoms with Gasteiger partial charge < -0.3 is 11.1 Å². The molecule has 0 spiro atoms. The second kappa shape index (κ2) is 4.54. The molecule has 0 aromatic rings. The van der Waals surface area contributed by atoms with Crippen molar-refractivity contribution in [1.29, 1.82) is 0 Å². The second-order valence-electron chi connectivity index (χ2n) is 3.02. The van der Waals surface area contributed by atoms with Gasteiger partial charge in [-0.05, 0) is 6.54 Å². The second-order valence-corrected chi connectivity index (χ2v) is 3.02. The predicted octanol–water partition coefficient (Wildman–Crippen LogP) is -1.19. The Morgan fingerprint density at radius 3 is 3.08 bits per heavy atom. The summed E-state index contributed by atoms with van der Waals surface area (Å²) in [6.07, 6.45) is 0. The first-order chi connectivity index (χ1) is 5.79. The van der Waals surface area contributed by atoms with E-state index in [-0.39, 0.29) is 18.4 Å². The fourth-order valence-electron chi connectivity index (χ4n) is 1.58. The highest BCUT2D eigenvalue weighted by atomic mass is 16.1. The molecular formula is C8H17N3O.